The average Bonchev–Trinajstić information content (AvgIpc) is 3.16. The predicted octanol–water partition coefficient (Wildman–Crippen LogP) is 4.78. The number of carbonyl (C=O) groups is 1. The Labute approximate surface area is 175 Å². The summed E-state index contributed by atoms with van der Waals surface area (Å²) in [5, 5.41) is 5.93. The van der Waals surface area contributed by atoms with Crippen LogP contribution in [0.1, 0.15) is 26.7 Å². The van der Waals surface area contributed by atoms with E-state index < -0.39 is 17.2 Å². The quantitative estimate of drug-likeness (QED) is 0.522. The fourth-order valence-corrected chi connectivity index (χ4v) is 3.38. The fraction of sp³-hybridized carbons (Fsp3) is 0.375. The summed E-state index contributed by atoms with van der Waals surface area (Å²) in [4.78, 5) is 20.0. The molecule has 0 bridgehead atoms. The standard InChI is InChI=1S/C16H15BrF3N5O3S/c1-15(2,3)27-14(26)21-7-9-22-11(24-28-9)10-13(29-16(18,19)20)25-6-4-5-8(17)12(25)23-10/h4-6H,7H2,1-3H3,(H,21,26). The second-order valence-electron chi connectivity index (χ2n) is 6.73. The van der Waals surface area contributed by atoms with Crippen molar-refractivity contribution in [1.82, 2.24) is 24.8 Å². The van der Waals surface area contributed by atoms with Gasteiger partial charge in [-0.3, -0.25) is 4.40 Å². The molecule has 0 fully saturated rings. The molecule has 8 nitrogen and oxygen atoms in total. The van der Waals surface area contributed by atoms with Gasteiger partial charge in [-0.05, 0) is 48.8 Å². The van der Waals surface area contributed by atoms with Crippen LogP contribution < -0.4 is 5.32 Å². The molecular weight excluding hydrogens is 479 g/mol. The molecule has 13 heteroatoms. The zero-order valence-electron chi connectivity index (χ0n) is 15.4. The van der Waals surface area contributed by atoms with Gasteiger partial charge in [0.15, 0.2) is 5.65 Å². The lowest BCUT2D eigenvalue weighted by atomic mass is 10.2. The van der Waals surface area contributed by atoms with E-state index in [-0.39, 0.29) is 46.4 Å². The minimum absolute atomic E-state index is 0.00932. The van der Waals surface area contributed by atoms with E-state index in [0.29, 0.717) is 4.47 Å². The Bertz CT molecular complexity index is 1040. The van der Waals surface area contributed by atoms with Crippen LogP contribution in [0.3, 0.4) is 0 Å². The second-order valence-corrected chi connectivity index (χ2v) is 8.64. The number of halogens is 4. The number of rotatable bonds is 4. The number of hydrogen-bond donors (Lipinski definition) is 1. The van der Waals surface area contributed by atoms with E-state index in [4.69, 9.17) is 9.26 Å². The van der Waals surface area contributed by atoms with Crippen LogP contribution in [0.4, 0.5) is 18.0 Å². The first-order chi connectivity index (χ1) is 13.4. The highest BCUT2D eigenvalue weighted by atomic mass is 79.9. The summed E-state index contributed by atoms with van der Waals surface area (Å²) in [5.41, 5.74) is -5.05. The van der Waals surface area contributed by atoms with Gasteiger partial charge in [-0.15, -0.1) is 0 Å². The van der Waals surface area contributed by atoms with E-state index in [9.17, 15) is 18.0 Å². The number of carbonyl (C=O) groups excluding carboxylic acids is 1. The number of aromatic nitrogens is 4. The minimum Gasteiger partial charge on any atom is -0.444 e. The van der Waals surface area contributed by atoms with Crippen molar-refractivity contribution in [1.29, 1.82) is 0 Å². The predicted molar refractivity (Wildman–Crippen MR) is 101 cm³/mol. The highest BCUT2D eigenvalue weighted by molar-refractivity contribution is 9.10. The maximum atomic E-state index is 13.1. The molecule has 0 radical (unpaired) electrons. The molecule has 1 amide bonds. The molecule has 3 rings (SSSR count). The van der Waals surface area contributed by atoms with E-state index in [1.165, 1.54) is 10.6 Å². The molecule has 0 aliphatic rings. The summed E-state index contributed by atoms with van der Waals surface area (Å²) in [6.45, 7) is 4.97. The van der Waals surface area contributed by atoms with Crippen molar-refractivity contribution in [2.75, 3.05) is 0 Å². The van der Waals surface area contributed by atoms with Crippen LogP contribution in [0.15, 0.2) is 32.4 Å². The third kappa shape index (κ3) is 5.41. The Balaban J connectivity index is 1.88. The molecular formula is C16H15BrF3N5O3S. The largest absolute Gasteiger partial charge is 0.447 e. The van der Waals surface area contributed by atoms with Crippen LogP contribution in [-0.2, 0) is 11.3 Å². The van der Waals surface area contributed by atoms with Crippen LogP contribution in [0, 0.1) is 0 Å². The molecule has 0 spiro atoms. The van der Waals surface area contributed by atoms with Gasteiger partial charge in [0.2, 0.25) is 11.7 Å². The minimum atomic E-state index is -4.54. The Morgan fingerprint density at radius 1 is 1.34 bits per heavy atom. The molecule has 156 valence electrons. The number of nitrogens with zero attached hydrogens (tertiary/aromatic N) is 4. The SMILES string of the molecule is CC(C)(C)OC(=O)NCc1nc(-c2nc3c(Br)cccn3c2SC(F)(F)F)no1. The van der Waals surface area contributed by atoms with Crippen molar-refractivity contribution in [3.8, 4) is 11.5 Å². The molecule has 0 unspecified atom stereocenters. The van der Waals surface area contributed by atoms with Crippen molar-refractivity contribution in [2.45, 2.75) is 43.5 Å². The highest BCUT2D eigenvalue weighted by Crippen LogP contribution is 2.42. The van der Waals surface area contributed by atoms with E-state index in [0.717, 1.165) is 0 Å². The molecule has 29 heavy (non-hydrogen) atoms. The first-order valence-corrected chi connectivity index (χ1v) is 9.76. The lowest BCUT2D eigenvalue weighted by molar-refractivity contribution is -0.0329. The molecule has 0 aromatic carbocycles. The summed E-state index contributed by atoms with van der Waals surface area (Å²) in [5.74, 6) is -0.140. The van der Waals surface area contributed by atoms with Gasteiger partial charge in [-0.1, -0.05) is 5.16 Å². The number of alkyl carbamates (subject to hydrolysis) is 1. The summed E-state index contributed by atoms with van der Waals surface area (Å²) >= 11 is 2.94. The van der Waals surface area contributed by atoms with Crippen molar-refractivity contribution in [3.05, 3.63) is 28.7 Å². The van der Waals surface area contributed by atoms with Gasteiger partial charge >= 0.3 is 11.6 Å². The van der Waals surface area contributed by atoms with Gasteiger partial charge in [0.05, 0.1) is 4.47 Å². The van der Waals surface area contributed by atoms with Gasteiger partial charge < -0.3 is 14.6 Å². The second kappa shape index (κ2) is 7.86. The van der Waals surface area contributed by atoms with Gasteiger partial charge in [-0.25, -0.2) is 9.78 Å². The zero-order valence-corrected chi connectivity index (χ0v) is 17.8. The van der Waals surface area contributed by atoms with Crippen molar-refractivity contribution in [2.24, 2.45) is 0 Å². The van der Waals surface area contributed by atoms with Crippen molar-refractivity contribution >= 4 is 39.4 Å². The molecule has 1 N–H and O–H groups in total. The van der Waals surface area contributed by atoms with Crippen LogP contribution >= 0.6 is 27.7 Å². The van der Waals surface area contributed by atoms with E-state index in [1.54, 1.807) is 32.9 Å². The maximum absolute atomic E-state index is 13.1. The topological polar surface area (TPSA) is 94.5 Å². The third-order valence-corrected chi connectivity index (χ3v) is 4.67. The molecule has 0 saturated carbocycles. The smallest absolute Gasteiger partial charge is 0.444 e. The molecule has 0 atom stereocenters. The number of pyridine rings is 1. The first kappa shape index (κ1) is 21.4. The van der Waals surface area contributed by atoms with Crippen LogP contribution in [-0.4, -0.2) is 36.7 Å². The van der Waals surface area contributed by atoms with Crippen LogP contribution in [0.25, 0.3) is 17.2 Å². The fourth-order valence-electron chi connectivity index (χ4n) is 2.25. The van der Waals surface area contributed by atoms with Crippen molar-refractivity contribution in [3.63, 3.8) is 0 Å². The Kier molecular flexibility index (Phi) is 5.81. The molecule has 3 aromatic rings. The number of imidazole rings is 1. The average molecular weight is 494 g/mol. The maximum Gasteiger partial charge on any atom is 0.447 e. The number of nitrogens with one attached hydrogen (secondary N) is 1. The number of amides is 1. The lowest BCUT2D eigenvalue weighted by Gasteiger charge is -2.19. The van der Waals surface area contributed by atoms with E-state index in [1.807, 2.05) is 0 Å². The van der Waals surface area contributed by atoms with Crippen LogP contribution in [0.5, 0.6) is 0 Å². The lowest BCUT2D eigenvalue weighted by Crippen LogP contribution is -2.32. The number of ether oxygens (including phenoxy) is 1. The number of alkyl halides is 3. The first-order valence-electron chi connectivity index (χ1n) is 8.15. The van der Waals surface area contributed by atoms with Crippen molar-refractivity contribution < 1.29 is 27.2 Å². The van der Waals surface area contributed by atoms with Gasteiger partial charge in [0, 0.05) is 18.0 Å². The van der Waals surface area contributed by atoms with Gasteiger partial charge in [-0.2, -0.15) is 18.2 Å². The monoisotopic (exact) mass is 493 g/mol. The molecule has 3 aromatic heterocycles. The zero-order chi connectivity index (χ0) is 21.4. The Morgan fingerprint density at radius 3 is 2.72 bits per heavy atom. The summed E-state index contributed by atoms with van der Waals surface area (Å²) in [7, 11) is 0. The Hall–Kier alpha value is -2.28. The molecule has 0 saturated heterocycles. The summed E-state index contributed by atoms with van der Waals surface area (Å²) in [6, 6.07) is 3.23. The summed E-state index contributed by atoms with van der Waals surface area (Å²) in [6.07, 6.45) is 0.762. The molecule has 0 aliphatic heterocycles. The van der Waals surface area contributed by atoms with Gasteiger partial charge in [0.1, 0.15) is 22.9 Å². The Morgan fingerprint density at radius 2 is 2.07 bits per heavy atom. The third-order valence-electron chi connectivity index (χ3n) is 3.23. The number of hydrogen-bond acceptors (Lipinski definition) is 7. The molecule has 3 heterocycles. The normalized spacial score (nSPS) is 12.4. The van der Waals surface area contributed by atoms with E-state index >= 15 is 0 Å². The molecule has 0 aliphatic carbocycles. The van der Waals surface area contributed by atoms with E-state index in [2.05, 4.69) is 36.4 Å². The number of thioether (sulfide) groups is 1. The highest BCUT2D eigenvalue weighted by Gasteiger charge is 2.34. The number of fused-ring (bicyclic) bond motifs is 1. The van der Waals surface area contributed by atoms with Gasteiger partial charge in [0.25, 0.3) is 0 Å². The van der Waals surface area contributed by atoms with Crippen LogP contribution in [0.2, 0.25) is 0 Å². The summed E-state index contributed by atoms with van der Waals surface area (Å²) < 4.78 is 51.1.